The molecule has 1 aliphatic rings. The monoisotopic (exact) mass is 514 g/mol. The van der Waals surface area contributed by atoms with Crippen molar-refractivity contribution in [2.75, 3.05) is 39.8 Å². The maximum atomic E-state index is 12.5. The molecule has 1 unspecified atom stereocenters. The average Bonchev–Trinajstić information content (AvgIpc) is 3.04. The van der Waals surface area contributed by atoms with Crippen LogP contribution in [0.25, 0.3) is 0 Å². The predicted molar refractivity (Wildman–Crippen MR) is 117 cm³/mol. The molecule has 2 N–H and O–H groups in total. The molecule has 0 amide bonds. The van der Waals surface area contributed by atoms with Crippen molar-refractivity contribution in [3.8, 4) is 5.75 Å². The summed E-state index contributed by atoms with van der Waals surface area (Å²) < 4.78 is 43.1. The number of rotatable bonds is 8. The van der Waals surface area contributed by atoms with Crippen molar-refractivity contribution in [1.82, 2.24) is 15.5 Å². The number of ether oxygens (including phenoxy) is 1. The van der Waals surface area contributed by atoms with E-state index in [1.807, 2.05) is 24.3 Å². The highest BCUT2D eigenvalue weighted by molar-refractivity contribution is 14.0. The molecular weight excluding hydrogens is 484 g/mol. The van der Waals surface area contributed by atoms with Gasteiger partial charge in [-0.15, -0.1) is 24.0 Å². The zero-order valence-corrected chi connectivity index (χ0v) is 18.7. The minimum atomic E-state index is -4.15. The molecule has 1 aromatic rings. The quantitative estimate of drug-likeness (QED) is 0.317. The van der Waals surface area contributed by atoms with Crippen LogP contribution in [0.4, 0.5) is 13.2 Å². The largest absolute Gasteiger partial charge is 0.494 e. The number of nitrogens with zero attached hydrogens (tertiary/aromatic N) is 2. The van der Waals surface area contributed by atoms with Crippen molar-refractivity contribution in [2.45, 2.75) is 38.4 Å². The van der Waals surface area contributed by atoms with Crippen LogP contribution in [0.15, 0.2) is 29.3 Å². The van der Waals surface area contributed by atoms with E-state index in [4.69, 9.17) is 4.74 Å². The summed E-state index contributed by atoms with van der Waals surface area (Å²) in [7, 11) is 1.66. The van der Waals surface area contributed by atoms with Crippen LogP contribution >= 0.6 is 24.0 Å². The van der Waals surface area contributed by atoms with E-state index in [0.717, 1.165) is 24.2 Å². The number of guanidine groups is 1. The van der Waals surface area contributed by atoms with Crippen molar-refractivity contribution in [3.63, 3.8) is 0 Å². The van der Waals surface area contributed by atoms with Crippen molar-refractivity contribution in [1.29, 1.82) is 0 Å². The van der Waals surface area contributed by atoms with E-state index in [2.05, 4.69) is 22.5 Å². The zero-order valence-electron chi connectivity index (χ0n) is 16.4. The molecule has 2 rings (SSSR count). The van der Waals surface area contributed by atoms with Crippen molar-refractivity contribution >= 4 is 29.9 Å². The van der Waals surface area contributed by atoms with Gasteiger partial charge in [0.25, 0.3) is 0 Å². The van der Waals surface area contributed by atoms with E-state index in [1.54, 1.807) is 7.05 Å². The molecule has 1 saturated heterocycles. The first-order chi connectivity index (χ1) is 12.9. The first-order valence-corrected chi connectivity index (χ1v) is 9.37. The highest BCUT2D eigenvalue weighted by Crippen LogP contribution is 2.20. The predicted octanol–water partition coefficient (Wildman–Crippen LogP) is 3.44. The SMILES string of the molecule is CCCOc1cccc(CCNC(=NC)NC2CCN(CC(F)(F)F)C2)c1.I. The van der Waals surface area contributed by atoms with E-state index >= 15 is 0 Å². The van der Waals surface area contributed by atoms with Gasteiger partial charge < -0.3 is 15.4 Å². The molecule has 0 radical (unpaired) electrons. The summed E-state index contributed by atoms with van der Waals surface area (Å²) in [6.45, 7) is 3.41. The summed E-state index contributed by atoms with van der Waals surface area (Å²) in [4.78, 5) is 5.59. The van der Waals surface area contributed by atoms with Crippen molar-refractivity contribution in [2.24, 2.45) is 4.99 Å². The zero-order chi connectivity index (χ0) is 19.7. The van der Waals surface area contributed by atoms with Crippen LogP contribution in [-0.4, -0.2) is 62.9 Å². The lowest BCUT2D eigenvalue weighted by Crippen LogP contribution is -2.45. The van der Waals surface area contributed by atoms with Gasteiger partial charge in [-0.3, -0.25) is 9.89 Å². The molecule has 1 aliphatic heterocycles. The average molecular weight is 514 g/mol. The third-order valence-corrected chi connectivity index (χ3v) is 4.32. The molecule has 1 atom stereocenters. The van der Waals surface area contributed by atoms with Crippen LogP contribution in [-0.2, 0) is 6.42 Å². The minimum Gasteiger partial charge on any atom is -0.494 e. The maximum absolute atomic E-state index is 12.5. The second-order valence-electron chi connectivity index (χ2n) is 6.73. The van der Waals surface area contributed by atoms with E-state index in [0.29, 0.717) is 38.6 Å². The van der Waals surface area contributed by atoms with Gasteiger partial charge in [0.15, 0.2) is 5.96 Å². The number of likely N-dealkylation sites (tertiary alicyclic amines) is 1. The van der Waals surface area contributed by atoms with Gasteiger partial charge in [-0.25, -0.2) is 0 Å². The fourth-order valence-electron chi connectivity index (χ4n) is 3.07. The Morgan fingerprint density at radius 3 is 2.82 bits per heavy atom. The summed E-state index contributed by atoms with van der Waals surface area (Å²) >= 11 is 0. The smallest absolute Gasteiger partial charge is 0.401 e. The molecule has 1 heterocycles. The van der Waals surface area contributed by atoms with Gasteiger partial charge in [-0.1, -0.05) is 19.1 Å². The first kappa shape index (κ1) is 24.8. The Kier molecular flexibility index (Phi) is 10.9. The summed E-state index contributed by atoms with van der Waals surface area (Å²) in [6.07, 6.45) is -1.71. The van der Waals surface area contributed by atoms with Gasteiger partial charge >= 0.3 is 6.18 Å². The molecule has 5 nitrogen and oxygen atoms in total. The molecule has 1 aromatic carbocycles. The van der Waals surface area contributed by atoms with Gasteiger partial charge in [-0.05, 0) is 37.0 Å². The Morgan fingerprint density at radius 2 is 2.14 bits per heavy atom. The Labute approximate surface area is 182 Å². The fraction of sp³-hybridized carbons (Fsp3) is 0.632. The van der Waals surface area contributed by atoms with E-state index in [9.17, 15) is 13.2 Å². The lowest BCUT2D eigenvalue weighted by molar-refractivity contribution is -0.143. The number of hydrogen-bond acceptors (Lipinski definition) is 3. The minimum absolute atomic E-state index is 0. The number of benzene rings is 1. The Bertz CT molecular complexity index is 613. The van der Waals surface area contributed by atoms with Crippen LogP contribution in [0.1, 0.15) is 25.3 Å². The maximum Gasteiger partial charge on any atom is 0.401 e. The number of nitrogens with one attached hydrogen (secondary N) is 2. The molecular formula is C19H30F3IN4O. The summed E-state index contributed by atoms with van der Waals surface area (Å²) in [5.41, 5.74) is 1.16. The van der Waals surface area contributed by atoms with E-state index in [1.165, 1.54) is 4.90 Å². The van der Waals surface area contributed by atoms with Crippen molar-refractivity contribution in [3.05, 3.63) is 29.8 Å². The number of aliphatic imine (C=N–C) groups is 1. The van der Waals surface area contributed by atoms with Gasteiger partial charge in [0.05, 0.1) is 13.2 Å². The molecule has 0 bridgehead atoms. The van der Waals surface area contributed by atoms with Gasteiger partial charge in [0, 0.05) is 32.7 Å². The lowest BCUT2D eigenvalue weighted by atomic mass is 10.1. The van der Waals surface area contributed by atoms with Gasteiger partial charge in [0.1, 0.15) is 5.75 Å². The van der Waals surface area contributed by atoms with Crippen LogP contribution in [0, 0.1) is 0 Å². The van der Waals surface area contributed by atoms with Gasteiger partial charge in [-0.2, -0.15) is 13.2 Å². The second kappa shape index (κ2) is 12.4. The Hall–Kier alpha value is -1.23. The van der Waals surface area contributed by atoms with E-state index < -0.39 is 12.7 Å². The molecule has 1 fully saturated rings. The van der Waals surface area contributed by atoms with Crippen LogP contribution in [0.2, 0.25) is 0 Å². The summed E-state index contributed by atoms with van der Waals surface area (Å²) in [6, 6.07) is 7.97. The highest BCUT2D eigenvalue weighted by Gasteiger charge is 2.34. The molecule has 28 heavy (non-hydrogen) atoms. The number of alkyl halides is 3. The standard InChI is InChI=1S/C19H29F3N4O.HI/c1-3-11-27-17-6-4-5-15(12-17)7-9-24-18(23-2)25-16-8-10-26(13-16)14-19(20,21)22;/h4-6,12,16H,3,7-11,13-14H2,1-2H3,(H2,23,24,25);1H. The number of halogens is 4. The van der Waals surface area contributed by atoms with Gasteiger partial charge in [0.2, 0.25) is 0 Å². The molecule has 0 spiro atoms. The molecule has 0 saturated carbocycles. The molecule has 9 heteroatoms. The first-order valence-electron chi connectivity index (χ1n) is 9.37. The molecule has 0 aromatic heterocycles. The highest BCUT2D eigenvalue weighted by atomic mass is 127. The molecule has 0 aliphatic carbocycles. The van der Waals surface area contributed by atoms with Crippen LogP contribution in [0.5, 0.6) is 5.75 Å². The summed E-state index contributed by atoms with van der Waals surface area (Å²) in [5, 5.41) is 6.44. The Balaban J connectivity index is 0.00000392. The topological polar surface area (TPSA) is 48.9 Å². The van der Waals surface area contributed by atoms with Crippen molar-refractivity contribution < 1.29 is 17.9 Å². The lowest BCUT2D eigenvalue weighted by Gasteiger charge is -2.19. The third-order valence-electron chi connectivity index (χ3n) is 4.32. The third kappa shape index (κ3) is 9.31. The van der Waals surface area contributed by atoms with E-state index in [-0.39, 0.29) is 30.0 Å². The Morgan fingerprint density at radius 1 is 1.36 bits per heavy atom. The van der Waals surface area contributed by atoms with Crippen LogP contribution in [0.3, 0.4) is 0 Å². The fourth-order valence-corrected chi connectivity index (χ4v) is 3.07. The molecule has 160 valence electrons. The summed E-state index contributed by atoms with van der Waals surface area (Å²) in [5.74, 6) is 1.49. The normalized spacial score (nSPS) is 17.9. The number of hydrogen-bond donors (Lipinski definition) is 2. The second-order valence-corrected chi connectivity index (χ2v) is 6.73. The van der Waals surface area contributed by atoms with Crippen LogP contribution < -0.4 is 15.4 Å².